The number of halogens is 1. The van der Waals surface area contributed by atoms with Gasteiger partial charge in [-0.15, -0.1) is 0 Å². The maximum absolute atomic E-state index is 10.6. The summed E-state index contributed by atoms with van der Waals surface area (Å²) < 4.78 is -0.729. The summed E-state index contributed by atoms with van der Waals surface area (Å²) >= 11 is 3.21. The van der Waals surface area contributed by atoms with Crippen LogP contribution in [0.15, 0.2) is 0 Å². The van der Waals surface area contributed by atoms with Gasteiger partial charge in [0, 0.05) is 0 Å². The van der Waals surface area contributed by atoms with Gasteiger partial charge in [-0.1, -0.05) is 36.7 Å². The molecule has 0 rings (SSSR count). The smallest absolute Gasteiger partial charge is 0.320 e. The first-order valence-corrected chi connectivity index (χ1v) is 4.16. The number of hydrogen-bond acceptors (Lipinski definition) is 1. The molecule has 0 aromatic heterocycles. The molecule has 0 bridgehead atoms. The first-order valence-electron chi connectivity index (χ1n) is 3.37. The monoisotopic (exact) mass is 208 g/mol. The summed E-state index contributed by atoms with van der Waals surface area (Å²) in [4.78, 5) is 10.6. The minimum atomic E-state index is -0.773. The molecule has 0 saturated carbocycles. The highest BCUT2D eigenvalue weighted by Gasteiger charge is 2.36. The lowest BCUT2D eigenvalue weighted by atomic mass is 9.93. The Morgan fingerprint density at radius 1 is 1.70 bits per heavy atom. The average Bonchev–Trinajstić information content (AvgIpc) is 1.85. The van der Waals surface area contributed by atoms with Crippen LogP contribution in [-0.2, 0) is 4.79 Å². The lowest BCUT2D eigenvalue weighted by Crippen LogP contribution is -2.36. The van der Waals surface area contributed by atoms with E-state index in [0.29, 0.717) is 6.42 Å². The van der Waals surface area contributed by atoms with Crippen molar-refractivity contribution >= 4 is 21.9 Å². The molecule has 60 valence electrons. The summed E-state index contributed by atoms with van der Waals surface area (Å²) in [5, 5.41) is 8.76. The van der Waals surface area contributed by atoms with Gasteiger partial charge in [0.2, 0.25) is 0 Å². The van der Waals surface area contributed by atoms with E-state index in [-0.39, 0.29) is 5.92 Å². The standard InChI is InChI=1S/C7H13BrO2/c1-4-7(8,5(2)3)6(9)10/h5H,4H2,1-3H3,(H,9,10)/t7-/m1/s1. The number of carboxylic acid groups (broad SMARTS) is 1. The van der Waals surface area contributed by atoms with Crippen LogP contribution in [0.1, 0.15) is 27.2 Å². The molecular formula is C7H13BrO2. The Hall–Kier alpha value is -0.0500. The van der Waals surface area contributed by atoms with Crippen LogP contribution in [0.4, 0.5) is 0 Å². The molecule has 0 aromatic rings. The lowest BCUT2D eigenvalue weighted by Gasteiger charge is -2.24. The second kappa shape index (κ2) is 3.37. The molecule has 1 atom stereocenters. The molecule has 0 unspecified atom stereocenters. The second-order valence-electron chi connectivity index (χ2n) is 2.68. The number of rotatable bonds is 3. The van der Waals surface area contributed by atoms with Crippen molar-refractivity contribution in [2.45, 2.75) is 31.5 Å². The molecule has 0 heterocycles. The van der Waals surface area contributed by atoms with Gasteiger partial charge in [-0.05, 0) is 12.3 Å². The minimum absolute atomic E-state index is 0.120. The Morgan fingerprint density at radius 3 is 2.10 bits per heavy atom. The molecule has 1 N–H and O–H groups in total. The van der Waals surface area contributed by atoms with Gasteiger partial charge in [-0.25, -0.2) is 0 Å². The third kappa shape index (κ3) is 1.72. The topological polar surface area (TPSA) is 37.3 Å². The molecule has 0 aliphatic rings. The van der Waals surface area contributed by atoms with Crippen molar-refractivity contribution in [1.82, 2.24) is 0 Å². The summed E-state index contributed by atoms with van der Waals surface area (Å²) in [5.74, 6) is -0.653. The number of carbonyl (C=O) groups is 1. The van der Waals surface area contributed by atoms with Crippen molar-refractivity contribution in [1.29, 1.82) is 0 Å². The SMILES string of the molecule is CC[C@](Br)(C(=O)O)C(C)C. The maximum Gasteiger partial charge on any atom is 0.320 e. The number of alkyl halides is 1. The average molecular weight is 209 g/mol. The Kier molecular flexibility index (Phi) is 3.36. The van der Waals surface area contributed by atoms with Gasteiger partial charge in [-0.2, -0.15) is 0 Å². The predicted molar refractivity (Wildman–Crippen MR) is 44.4 cm³/mol. The van der Waals surface area contributed by atoms with Crippen LogP contribution in [0, 0.1) is 5.92 Å². The molecule has 3 heteroatoms. The van der Waals surface area contributed by atoms with Crippen LogP contribution in [0.3, 0.4) is 0 Å². The lowest BCUT2D eigenvalue weighted by molar-refractivity contribution is -0.140. The van der Waals surface area contributed by atoms with E-state index in [4.69, 9.17) is 5.11 Å². The number of aliphatic carboxylic acids is 1. The normalized spacial score (nSPS) is 16.9. The molecule has 0 spiro atoms. The van der Waals surface area contributed by atoms with Crippen molar-refractivity contribution in [2.24, 2.45) is 5.92 Å². The molecule has 0 amide bonds. The molecular weight excluding hydrogens is 196 g/mol. The highest BCUT2D eigenvalue weighted by atomic mass is 79.9. The third-order valence-electron chi connectivity index (χ3n) is 1.79. The van der Waals surface area contributed by atoms with Crippen molar-refractivity contribution in [3.63, 3.8) is 0 Å². The van der Waals surface area contributed by atoms with E-state index in [1.54, 1.807) is 0 Å². The van der Waals surface area contributed by atoms with E-state index in [1.807, 2.05) is 20.8 Å². The zero-order chi connectivity index (χ0) is 8.36. The van der Waals surface area contributed by atoms with Crippen LogP contribution in [0.2, 0.25) is 0 Å². The molecule has 2 nitrogen and oxygen atoms in total. The Labute approximate surface area is 69.8 Å². The molecule has 0 aromatic carbocycles. The molecule has 0 radical (unpaired) electrons. The first kappa shape index (κ1) is 9.95. The largest absolute Gasteiger partial charge is 0.480 e. The van der Waals surface area contributed by atoms with Crippen molar-refractivity contribution < 1.29 is 9.90 Å². The van der Waals surface area contributed by atoms with Crippen LogP contribution in [0.25, 0.3) is 0 Å². The number of hydrogen-bond donors (Lipinski definition) is 1. The fourth-order valence-corrected chi connectivity index (χ4v) is 0.806. The Morgan fingerprint density at radius 2 is 2.10 bits per heavy atom. The third-order valence-corrected chi connectivity index (χ3v) is 3.60. The van der Waals surface area contributed by atoms with Crippen molar-refractivity contribution in [3.8, 4) is 0 Å². The fraction of sp³-hybridized carbons (Fsp3) is 0.857. The van der Waals surface area contributed by atoms with Crippen molar-refractivity contribution in [3.05, 3.63) is 0 Å². The molecule has 0 fully saturated rings. The van der Waals surface area contributed by atoms with Gasteiger partial charge in [0.15, 0.2) is 0 Å². The number of carboxylic acids is 1. The van der Waals surface area contributed by atoms with Gasteiger partial charge in [0.05, 0.1) is 0 Å². The quantitative estimate of drug-likeness (QED) is 0.724. The first-order chi connectivity index (χ1) is 4.45. The van der Waals surface area contributed by atoms with Crippen LogP contribution < -0.4 is 0 Å². The van der Waals surface area contributed by atoms with E-state index < -0.39 is 10.3 Å². The Balaban J connectivity index is 4.38. The van der Waals surface area contributed by atoms with E-state index in [0.717, 1.165) is 0 Å². The maximum atomic E-state index is 10.6. The van der Waals surface area contributed by atoms with Crippen LogP contribution in [-0.4, -0.2) is 15.4 Å². The summed E-state index contributed by atoms with van der Waals surface area (Å²) in [7, 11) is 0. The second-order valence-corrected chi connectivity index (χ2v) is 4.09. The van der Waals surface area contributed by atoms with Crippen molar-refractivity contribution in [2.75, 3.05) is 0 Å². The molecule has 0 saturated heterocycles. The van der Waals surface area contributed by atoms with Gasteiger partial charge in [0.1, 0.15) is 4.32 Å². The van der Waals surface area contributed by atoms with E-state index >= 15 is 0 Å². The zero-order valence-electron chi connectivity index (χ0n) is 6.52. The van der Waals surface area contributed by atoms with Gasteiger partial charge >= 0.3 is 5.97 Å². The van der Waals surface area contributed by atoms with E-state index in [2.05, 4.69) is 15.9 Å². The fourth-order valence-electron chi connectivity index (χ4n) is 0.806. The van der Waals surface area contributed by atoms with Crippen LogP contribution >= 0.6 is 15.9 Å². The molecule has 0 aliphatic carbocycles. The van der Waals surface area contributed by atoms with Gasteiger partial charge < -0.3 is 5.11 Å². The highest BCUT2D eigenvalue weighted by molar-refractivity contribution is 9.10. The summed E-state index contributed by atoms with van der Waals surface area (Å²) in [5.41, 5.74) is 0. The minimum Gasteiger partial charge on any atom is -0.480 e. The van der Waals surface area contributed by atoms with Gasteiger partial charge in [0.25, 0.3) is 0 Å². The van der Waals surface area contributed by atoms with E-state index in [9.17, 15) is 4.79 Å². The molecule has 0 aliphatic heterocycles. The summed E-state index contributed by atoms with van der Waals surface area (Å²) in [6, 6.07) is 0. The van der Waals surface area contributed by atoms with Crippen LogP contribution in [0.5, 0.6) is 0 Å². The summed E-state index contributed by atoms with van der Waals surface area (Å²) in [6.07, 6.45) is 0.611. The highest BCUT2D eigenvalue weighted by Crippen LogP contribution is 2.31. The van der Waals surface area contributed by atoms with E-state index in [1.165, 1.54) is 0 Å². The predicted octanol–water partition coefficient (Wildman–Crippen LogP) is 2.27. The Bertz CT molecular complexity index is 134. The van der Waals surface area contributed by atoms with Gasteiger partial charge in [-0.3, -0.25) is 4.79 Å². The zero-order valence-corrected chi connectivity index (χ0v) is 8.10. The molecule has 10 heavy (non-hydrogen) atoms. The summed E-state index contributed by atoms with van der Waals surface area (Å²) in [6.45, 7) is 5.65.